The van der Waals surface area contributed by atoms with Gasteiger partial charge in [-0.2, -0.15) is 0 Å². The number of hydrogen-bond donors (Lipinski definition) is 2. The molecule has 5 nitrogen and oxygen atoms in total. The number of carbonyl (C=O) groups is 2. The summed E-state index contributed by atoms with van der Waals surface area (Å²) in [4.78, 5) is 23.0. The second-order valence-electron chi connectivity index (χ2n) is 3.95. The Labute approximate surface area is 107 Å². The fourth-order valence-electron chi connectivity index (χ4n) is 1.41. The zero-order valence-corrected chi connectivity index (χ0v) is 10.9. The quantitative estimate of drug-likeness (QED) is 0.619. The van der Waals surface area contributed by atoms with Crippen molar-refractivity contribution < 1.29 is 14.3 Å². The van der Waals surface area contributed by atoms with Crippen LogP contribution in [0.5, 0.6) is 0 Å². The first-order valence-corrected chi connectivity index (χ1v) is 5.70. The lowest BCUT2D eigenvalue weighted by atomic mass is 10.1. The van der Waals surface area contributed by atoms with Gasteiger partial charge >= 0.3 is 11.8 Å². The van der Waals surface area contributed by atoms with Gasteiger partial charge in [-0.05, 0) is 31.0 Å². The van der Waals surface area contributed by atoms with Crippen LogP contribution in [0.2, 0.25) is 0 Å². The van der Waals surface area contributed by atoms with Crippen molar-refractivity contribution in [3.63, 3.8) is 0 Å². The summed E-state index contributed by atoms with van der Waals surface area (Å²) in [6.45, 7) is 4.54. The number of rotatable bonds is 4. The Morgan fingerprint density at radius 1 is 1.22 bits per heavy atom. The van der Waals surface area contributed by atoms with Crippen LogP contribution in [0.1, 0.15) is 11.1 Å². The van der Waals surface area contributed by atoms with Crippen molar-refractivity contribution >= 4 is 17.5 Å². The predicted molar refractivity (Wildman–Crippen MR) is 69.4 cm³/mol. The van der Waals surface area contributed by atoms with Crippen molar-refractivity contribution in [2.75, 3.05) is 25.6 Å². The van der Waals surface area contributed by atoms with E-state index >= 15 is 0 Å². The molecule has 1 aromatic rings. The van der Waals surface area contributed by atoms with Crippen LogP contribution in [0, 0.1) is 13.8 Å². The molecule has 1 aromatic carbocycles. The van der Waals surface area contributed by atoms with E-state index in [0.717, 1.165) is 11.1 Å². The van der Waals surface area contributed by atoms with E-state index in [0.29, 0.717) is 18.8 Å². The summed E-state index contributed by atoms with van der Waals surface area (Å²) in [6, 6.07) is 5.55. The molecule has 2 N–H and O–H groups in total. The van der Waals surface area contributed by atoms with Crippen molar-refractivity contribution in [1.29, 1.82) is 0 Å². The lowest BCUT2D eigenvalue weighted by Crippen LogP contribution is -2.37. The molecule has 0 aliphatic rings. The molecular weight excluding hydrogens is 232 g/mol. The smallest absolute Gasteiger partial charge is 0.313 e. The first-order chi connectivity index (χ1) is 8.56. The largest absolute Gasteiger partial charge is 0.383 e. The Morgan fingerprint density at radius 2 is 1.94 bits per heavy atom. The van der Waals surface area contributed by atoms with Crippen molar-refractivity contribution in [2.45, 2.75) is 13.8 Å². The number of aryl methyl sites for hydroxylation is 1. The lowest BCUT2D eigenvalue weighted by molar-refractivity contribution is -0.136. The molecule has 98 valence electrons. The van der Waals surface area contributed by atoms with Gasteiger partial charge in [0.1, 0.15) is 0 Å². The van der Waals surface area contributed by atoms with Gasteiger partial charge in [-0.3, -0.25) is 9.59 Å². The standard InChI is InChI=1S/C13H18N2O3/c1-9-5-4-6-11(10(9)2)15-13(17)12(16)14-7-8-18-3/h4-6H,7-8H2,1-3H3,(H,14,16)(H,15,17). The molecule has 5 heteroatoms. The van der Waals surface area contributed by atoms with Gasteiger partial charge in [-0.25, -0.2) is 0 Å². The normalized spacial score (nSPS) is 9.94. The van der Waals surface area contributed by atoms with E-state index in [4.69, 9.17) is 4.74 Å². The molecule has 18 heavy (non-hydrogen) atoms. The van der Waals surface area contributed by atoms with Gasteiger partial charge in [0, 0.05) is 19.3 Å². The Morgan fingerprint density at radius 3 is 2.61 bits per heavy atom. The van der Waals surface area contributed by atoms with E-state index in [1.807, 2.05) is 26.0 Å². The summed E-state index contributed by atoms with van der Waals surface area (Å²) >= 11 is 0. The van der Waals surface area contributed by atoms with Crippen LogP contribution in [0.15, 0.2) is 18.2 Å². The van der Waals surface area contributed by atoms with Crippen molar-refractivity contribution in [1.82, 2.24) is 5.32 Å². The van der Waals surface area contributed by atoms with Crippen LogP contribution in [0.3, 0.4) is 0 Å². The Bertz CT molecular complexity index is 444. The summed E-state index contributed by atoms with van der Waals surface area (Å²) < 4.78 is 4.78. The number of ether oxygens (including phenoxy) is 1. The third-order valence-electron chi connectivity index (χ3n) is 2.65. The topological polar surface area (TPSA) is 67.4 Å². The van der Waals surface area contributed by atoms with Gasteiger partial charge in [0.05, 0.1) is 6.61 Å². The molecule has 0 aromatic heterocycles. The maximum absolute atomic E-state index is 11.6. The highest BCUT2D eigenvalue weighted by Gasteiger charge is 2.14. The van der Waals surface area contributed by atoms with Crippen molar-refractivity contribution in [3.05, 3.63) is 29.3 Å². The molecule has 0 bridgehead atoms. The number of hydrogen-bond acceptors (Lipinski definition) is 3. The highest BCUT2D eigenvalue weighted by molar-refractivity contribution is 6.39. The molecule has 0 saturated heterocycles. The van der Waals surface area contributed by atoms with Gasteiger partial charge < -0.3 is 15.4 Å². The van der Waals surface area contributed by atoms with Gasteiger partial charge in [-0.15, -0.1) is 0 Å². The fourth-order valence-corrected chi connectivity index (χ4v) is 1.41. The Hall–Kier alpha value is -1.88. The zero-order valence-electron chi connectivity index (χ0n) is 10.9. The minimum absolute atomic E-state index is 0.315. The zero-order chi connectivity index (χ0) is 13.5. The first-order valence-electron chi connectivity index (χ1n) is 5.70. The van der Waals surface area contributed by atoms with E-state index in [-0.39, 0.29) is 0 Å². The molecular formula is C13H18N2O3. The van der Waals surface area contributed by atoms with Crippen LogP contribution < -0.4 is 10.6 Å². The van der Waals surface area contributed by atoms with Gasteiger partial charge in [-0.1, -0.05) is 12.1 Å². The monoisotopic (exact) mass is 250 g/mol. The first kappa shape index (κ1) is 14.2. The van der Waals surface area contributed by atoms with E-state index in [1.54, 1.807) is 6.07 Å². The van der Waals surface area contributed by atoms with Gasteiger partial charge in [0.15, 0.2) is 0 Å². The molecule has 1 rings (SSSR count). The molecule has 0 radical (unpaired) electrons. The Kier molecular flexibility index (Phi) is 5.32. The van der Waals surface area contributed by atoms with Crippen LogP contribution in [-0.2, 0) is 14.3 Å². The molecule has 0 spiro atoms. The van der Waals surface area contributed by atoms with Crippen molar-refractivity contribution in [3.8, 4) is 0 Å². The van der Waals surface area contributed by atoms with E-state index in [9.17, 15) is 9.59 Å². The number of anilines is 1. The maximum Gasteiger partial charge on any atom is 0.313 e. The van der Waals surface area contributed by atoms with Crippen molar-refractivity contribution in [2.24, 2.45) is 0 Å². The lowest BCUT2D eigenvalue weighted by Gasteiger charge is -2.10. The molecule has 0 atom stereocenters. The van der Waals surface area contributed by atoms with Crippen LogP contribution in [0.4, 0.5) is 5.69 Å². The molecule has 2 amide bonds. The molecule has 0 aliphatic heterocycles. The number of benzene rings is 1. The molecule has 0 heterocycles. The maximum atomic E-state index is 11.6. The van der Waals surface area contributed by atoms with Crippen LogP contribution >= 0.6 is 0 Å². The summed E-state index contributed by atoms with van der Waals surface area (Å²) in [6.07, 6.45) is 0. The molecule has 0 saturated carbocycles. The fraction of sp³-hybridized carbons (Fsp3) is 0.385. The average Bonchev–Trinajstić information content (AvgIpc) is 2.35. The third kappa shape index (κ3) is 3.85. The average molecular weight is 250 g/mol. The molecule has 0 fully saturated rings. The minimum atomic E-state index is -0.667. The number of amides is 2. The molecule has 0 unspecified atom stereocenters. The van der Waals surface area contributed by atoms with E-state index in [1.165, 1.54) is 7.11 Å². The van der Waals surface area contributed by atoms with Crippen LogP contribution in [0.25, 0.3) is 0 Å². The van der Waals surface area contributed by atoms with E-state index < -0.39 is 11.8 Å². The van der Waals surface area contributed by atoms with Gasteiger partial charge in [0.25, 0.3) is 0 Å². The highest BCUT2D eigenvalue weighted by atomic mass is 16.5. The Balaban J connectivity index is 2.59. The molecule has 0 aliphatic carbocycles. The summed E-state index contributed by atoms with van der Waals surface area (Å²) in [5.74, 6) is -1.33. The number of methoxy groups -OCH3 is 1. The SMILES string of the molecule is COCCNC(=O)C(=O)Nc1cccc(C)c1C. The van der Waals surface area contributed by atoms with Gasteiger partial charge in [0.2, 0.25) is 0 Å². The second-order valence-corrected chi connectivity index (χ2v) is 3.95. The van der Waals surface area contributed by atoms with Crippen LogP contribution in [-0.4, -0.2) is 32.1 Å². The summed E-state index contributed by atoms with van der Waals surface area (Å²) in [7, 11) is 1.53. The summed E-state index contributed by atoms with van der Waals surface area (Å²) in [5, 5.41) is 5.05. The third-order valence-corrected chi connectivity index (χ3v) is 2.65. The van der Waals surface area contributed by atoms with E-state index in [2.05, 4.69) is 10.6 Å². The minimum Gasteiger partial charge on any atom is -0.383 e. The summed E-state index contributed by atoms with van der Waals surface area (Å²) in [5.41, 5.74) is 2.67. The second kappa shape index (κ2) is 6.76. The number of nitrogens with one attached hydrogen (secondary N) is 2. The predicted octanol–water partition coefficient (Wildman–Crippen LogP) is 1.00. The highest BCUT2D eigenvalue weighted by Crippen LogP contribution is 2.17. The number of carbonyl (C=O) groups excluding carboxylic acids is 2.